The number of carbonyl (C=O) groups excluding carboxylic acids is 1. The minimum absolute atomic E-state index is 0.0879. The number of nitrogens with zero attached hydrogens (tertiary/aromatic N) is 1. The molecule has 114 valence electrons. The first-order valence-corrected chi connectivity index (χ1v) is 7.36. The van der Waals surface area contributed by atoms with Gasteiger partial charge in [-0.05, 0) is 44.5 Å². The second kappa shape index (κ2) is 6.91. The van der Waals surface area contributed by atoms with Gasteiger partial charge in [0.2, 0.25) is 5.91 Å². The molecule has 1 aliphatic heterocycles. The molecule has 1 aromatic carbocycles. The van der Waals surface area contributed by atoms with Gasteiger partial charge >= 0.3 is 5.97 Å². The predicted molar refractivity (Wildman–Crippen MR) is 81.5 cm³/mol. The molecule has 1 heterocycles. The minimum atomic E-state index is -0.745. The Hall–Kier alpha value is -1.59. The van der Waals surface area contributed by atoms with Gasteiger partial charge in [0.05, 0.1) is 12.5 Å². The Bertz CT molecular complexity index is 535. The fraction of sp³-hybridized carbons (Fsp3) is 0.467. The molecule has 1 aliphatic rings. The van der Waals surface area contributed by atoms with E-state index in [0.29, 0.717) is 30.1 Å². The third-order valence-corrected chi connectivity index (χ3v) is 4.05. The molecule has 2 rings (SSSR count). The number of anilines is 1. The lowest BCUT2D eigenvalue weighted by Crippen LogP contribution is -2.46. The van der Waals surface area contributed by atoms with Crippen LogP contribution in [0.3, 0.4) is 0 Å². The molecule has 0 aromatic heterocycles. The number of carboxylic acid groups (broad SMARTS) is 1. The summed E-state index contributed by atoms with van der Waals surface area (Å²) in [6.07, 6.45) is 1.17. The summed E-state index contributed by atoms with van der Waals surface area (Å²) in [5, 5.41) is 12.4. The number of likely N-dealkylation sites (tertiary alicyclic amines) is 1. The molecule has 1 amide bonds. The Morgan fingerprint density at radius 1 is 1.48 bits per heavy atom. The van der Waals surface area contributed by atoms with Crippen LogP contribution in [0.4, 0.5) is 5.69 Å². The first kappa shape index (κ1) is 15.8. The largest absolute Gasteiger partial charge is 0.481 e. The van der Waals surface area contributed by atoms with Crippen molar-refractivity contribution in [2.75, 3.05) is 18.4 Å². The zero-order valence-electron chi connectivity index (χ0n) is 11.9. The maximum absolute atomic E-state index is 12.0. The average molecular weight is 311 g/mol. The van der Waals surface area contributed by atoms with Crippen LogP contribution in [0.2, 0.25) is 5.02 Å². The van der Waals surface area contributed by atoms with E-state index in [1.807, 2.05) is 11.8 Å². The van der Waals surface area contributed by atoms with E-state index in [9.17, 15) is 9.59 Å². The molecule has 0 bridgehead atoms. The standard InChI is InChI=1S/C15H19ClN2O3/c1-10-7-11(15(20)21)5-6-18(10)9-14(19)17-13-4-2-3-12(16)8-13/h2-4,8,10-11H,5-7,9H2,1H3,(H,17,19)(H,20,21). The quantitative estimate of drug-likeness (QED) is 0.896. The molecule has 0 saturated carbocycles. The highest BCUT2D eigenvalue weighted by molar-refractivity contribution is 6.30. The van der Waals surface area contributed by atoms with Gasteiger partial charge in [-0.15, -0.1) is 0 Å². The van der Waals surface area contributed by atoms with Crippen LogP contribution in [-0.2, 0) is 9.59 Å². The summed E-state index contributed by atoms with van der Waals surface area (Å²) in [5.74, 6) is -1.16. The number of amides is 1. The van der Waals surface area contributed by atoms with Crippen molar-refractivity contribution >= 4 is 29.2 Å². The number of piperidine rings is 1. The van der Waals surface area contributed by atoms with Crippen LogP contribution >= 0.6 is 11.6 Å². The first-order valence-electron chi connectivity index (χ1n) is 6.98. The number of carboxylic acids is 1. The van der Waals surface area contributed by atoms with E-state index >= 15 is 0 Å². The molecular formula is C15H19ClN2O3. The van der Waals surface area contributed by atoms with Crippen LogP contribution in [0.1, 0.15) is 19.8 Å². The van der Waals surface area contributed by atoms with Crippen molar-refractivity contribution in [3.8, 4) is 0 Å². The number of benzene rings is 1. The van der Waals surface area contributed by atoms with Crippen molar-refractivity contribution in [3.63, 3.8) is 0 Å². The van der Waals surface area contributed by atoms with E-state index in [2.05, 4.69) is 5.32 Å². The van der Waals surface area contributed by atoms with E-state index in [4.69, 9.17) is 16.7 Å². The lowest BCUT2D eigenvalue weighted by atomic mass is 9.92. The smallest absolute Gasteiger partial charge is 0.306 e. The van der Waals surface area contributed by atoms with Gasteiger partial charge in [-0.3, -0.25) is 14.5 Å². The fourth-order valence-corrected chi connectivity index (χ4v) is 2.82. The molecule has 1 fully saturated rings. The Morgan fingerprint density at radius 3 is 2.86 bits per heavy atom. The number of hydrogen-bond donors (Lipinski definition) is 2. The van der Waals surface area contributed by atoms with Crippen LogP contribution in [0.15, 0.2) is 24.3 Å². The predicted octanol–water partition coefficient (Wildman–Crippen LogP) is 2.46. The summed E-state index contributed by atoms with van der Waals surface area (Å²) in [7, 11) is 0. The number of aliphatic carboxylic acids is 1. The highest BCUT2D eigenvalue weighted by Crippen LogP contribution is 2.23. The SMILES string of the molecule is CC1CC(C(=O)O)CCN1CC(=O)Nc1cccc(Cl)c1. The summed E-state index contributed by atoms with van der Waals surface area (Å²) >= 11 is 5.87. The van der Waals surface area contributed by atoms with E-state index in [1.165, 1.54) is 0 Å². The van der Waals surface area contributed by atoms with Gasteiger partial charge in [0.15, 0.2) is 0 Å². The van der Waals surface area contributed by atoms with Gasteiger partial charge in [-0.25, -0.2) is 0 Å². The van der Waals surface area contributed by atoms with Crippen molar-refractivity contribution in [2.24, 2.45) is 5.92 Å². The highest BCUT2D eigenvalue weighted by Gasteiger charge is 2.30. The minimum Gasteiger partial charge on any atom is -0.481 e. The van der Waals surface area contributed by atoms with Crippen molar-refractivity contribution in [2.45, 2.75) is 25.8 Å². The lowest BCUT2D eigenvalue weighted by molar-refractivity contribution is -0.144. The molecule has 0 radical (unpaired) electrons. The van der Waals surface area contributed by atoms with E-state index < -0.39 is 5.97 Å². The molecular weight excluding hydrogens is 292 g/mol. The molecule has 2 N–H and O–H groups in total. The van der Waals surface area contributed by atoms with Crippen molar-refractivity contribution in [3.05, 3.63) is 29.3 Å². The summed E-state index contributed by atoms with van der Waals surface area (Å²) in [5.41, 5.74) is 0.667. The Morgan fingerprint density at radius 2 is 2.24 bits per heavy atom. The van der Waals surface area contributed by atoms with Gasteiger partial charge in [-0.1, -0.05) is 17.7 Å². The average Bonchev–Trinajstić information content (AvgIpc) is 2.40. The topological polar surface area (TPSA) is 69.6 Å². The molecule has 2 atom stereocenters. The summed E-state index contributed by atoms with van der Waals surface area (Å²) < 4.78 is 0. The number of rotatable bonds is 4. The zero-order valence-corrected chi connectivity index (χ0v) is 12.6. The molecule has 0 spiro atoms. The monoisotopic (exact) mass is 310 g/mol. The van der Waals surface area contributed by atoms with Gasteiger partial charge < -0.3 is 10.4 Å². The van der Waals surface area contributed by atoms with Gasteiger partial charge in [0.25, 0.3) is 0 Å². The Labute approximate surface area is 128 Å². The highest BCUT2D eigenvalue weighted by atomic mass is 35.5. The number of nitrogens with one attached hydrogen (secondary N) is 1. The van der Waals surface area contributed by atoms with E-state index in [1.54, 1.807) is 24.3 Å². The second-order valence-electron chi connectivity index (χ2n) is 5.44. The lowest BCUT2D eigenvalue weighted by Gasteiger charge is -2.35. The molecule has 21 heavy (non-hydrogen) atoms. The maximum atomic E-state index is 12.0. The molecule has 0 aliphatic carbocycles. The molecule has 5 nitrogen and oxygen atoms in total. The van der Waals surface area contributed by atoms with Gasteiger partial charge in [0.1, 0.15) is 0 Å². The summed E-state index contributed by atoms with van der Waals surface area (Å²) in [6, 6.07) is 7.09. The maximum Gasteiger partial charge on any atom is 0.306 e. The van der Waals surface area contributed by atoms with Crippen LogP contribution < -0.4 is 5.32 Å². The van der Waals surface area contributed by atoms with Crippen LogP contribution in [-0.4, -0.2) is 41.0 Å². The van der Waals surface area contributed by atoms with Gasteiger partial charge in [-0.2, -0.15) is 0 Å². The van der Waals surface area contributed by atoms with Gasteiger partial charge in [0, 0.05) is 16.8 Å². The molecule has 2 unspecified atom stereocenters. The van der Waals surface area contributed by atoms with Crippen LogP contribution in [0.25, 0.3) is 0 Å². The normalized spacial score (nSPS) is 22.8. The second-order valence-corrected chi connectivity index (χ2v) is 5.87. The van der Waals surface area contributed by atoms with E-state index in [-0.39, 0.29) is 24.4 Å². The Balaban J connectivity index is 1.87. The fourth-order valence-electron chi connectivity index (χ4n) is 2.63. The third kappa shape index (κ3) is 4.44. The number of carbonyl (C=O) groups is 2. The molecule has 1 saturated heterocycles. The summed E-state index contributed by atoms with van der Waals surface area (Å²) in [6.45, 7) is 2.85. The van der Waals surface area contributed by atoms with E-state index in [0.717, 1.165) is 0 Å². The molecule has 1 aromatic rings. The van der Waals surface area contributed by atoms with Crippen molar-refractivity contribution in [1.82, 2.24) is 4.90 Å². The zero-order chi connectivity index (χ0) is 15.4. The number of halogens is 1. The molecule has 6 heteroatoms. The van der Waals surface area contributed by atoms with Crippen LogP contribution in [0, 0.1) is 5.92 Å². The third-order valence-electron chi connectivity index (χ3n) is 3.82. The van der Waals surface area contributed by atoms with Crippen molar-refractivity contribution in [1.29, 1.82) is 0 Å². The van der Waals surface area contributed by atoms with Crippen molar-refractivity contribution < 1.29 is 14.7 Å². The number of hydrogen-bond acceptors (Lipinski definition) is 3. The Kier molecular flexibility index (Phi) is 5.20. The first-order chi connectivity index (χ1) is 9.95. The summed E-state index contributed by atoms with van der Waals surface area (Å²) in [4.78, 5) is 25.0. The van der Waals surface area contributed by atoms with Crippen LogP contribution in [0.5, 0.6) is 0 Å².